The van der Waals surface area contributed by atoms with Gasteiger partial charge in [-0.3, -0.25) is 19.5 Å². The number of amides is 2. The molecule has 0 aromatic heterocycles. The predicted molar refractivity (Wildman–Crippen MR) is 104 cm³/mol. The lowest BCUT2D eigenvalue weighted by Crippen LogP contribution is -2.58. The zero-order valence-electron chi connectivity index (χ0n) is 14.3. The Kier molecular flexibility index (Phi) is 5.37. The minimum Gasteiger partial charge on any atom is -0.465 e. The third kappa shape index (κ3) is 3.90. The number of para-hydroxylation sites is 1. The molecular formula is C19H15N3O4S. The molecule has 0 spiro atoms. The van der Waals surface area contributed by atoms with Crippen molar-refractivity contribution < 1.29 is 19.1 Å². The maximum atomic E-state index is 12.8. The maximum Gasteiger partial charge on any atom is 0.337 e. The summed E-state index contributed by atoms with van der Waals surface area (Å²) in [4.78, 5) is 41.9. The molecule has 27 heavy (non-hydrogen) atoms. The van der Waals surface area contributed by atoms with E-state index in [1.54, 1.807) is 48.5 Å². The van der Waals surface area contributed by atoms with Crippen LogP contribution in [0.25, 0.3) is 0 Å². The molecule has 8 heteroatoms. The molecule has 0 aliphatic carbocycles. The Morgan fingerprint density at radius 2 is 1.81 bits per heavy atom. The third-order valence-electron chi connectivity index (χ3n) is 3.88. The molecule has 1 saturated heterocycles. The van der Waals surface area contributed by atoms with Crippen molar-refractivity contribution in [3.63, 3.8) is 0 Å². The van der Waals surface area contributed by atoms with Gasteiger partial charge in [0.15, 0.2) is 11.0 Å². The molecule has 2 aromatic carbocycles. The number of aliphatic imine (C=N–C) groups is 1. The van der Waals surface area contributed by atoms with E-state index in [0.29, 0.717) is 16.9 Å². The summed E-state index contributed by atoms with van der Waals surface area (Å²) < 4.78 is 4.63. The lowest BCUT2D eigenvalue weighted by molar-refractivity contribution is -0.130. The molecule has 1 fully saturated rings. The zero-order chi connectivity index (χ0) is 19.4. The molecule has 7 nitrogen and oxygen atoms in total. The number of hydrogen-bond donors (Lipinski definition) is 1. The molecule has 1 atom stereocenters. The second-order valence-corrected chi connectivity index (χ2v) is 5.98. The number of benzene rings is 2. The molecule has 3 rings (SSSR count). The number of nitrogens with zero attached hydrogens (tertiary/aromatic N) is 2. The average molecular weight is 381 g/mol. The Balaban J connectivity index is 1.81. The summed E-state index contributed by atoms with van der Waals surface area (Å²) in [6.45, 7) is 0. The van der Waals surface area contributed by atoms with E-state index < -0.39 is 23.7 Å². The third-order valence-corrected chi connectivity index (χ3v) is 4.16. The van der Waals surface area contributed by atoms with E-state index in [4.69, 9.17) is 12.2 Å². The normalized spacial score (nSPS) is 17.1. The Bertz CT molecular complexity index is 926. The van der Waals surface area contributed by atoms with Crippen molar-refractivity contribution in [2.24, 2.45) is 10.9 Å². The van der Waals surface area contributed by atoms with E-state index in [9.17, 15) is 14.4 Å². The summed E-state index contributed by atoms with van der Waals surface area (Å²) in [5.41, 5.74) is 1.43. The van der Waals surface area contributed by atoms with Crippen LogP contribution >= 0.6 is 12.2 Å². The van der Waals surface area contributed by atoms with Gasteiger partial charge in [0.1, 0.15) is 0 Å². The molecule has 1 aliphatic rings. The Hall–Kier alpha value is -3.39. The highest BCUT2D eigenvalue weighted by atomic mass is 32.1. The lowest BCUT2D eigenvalue weighted by Gasteiger charge is -2.30. The fraction of sp³-hybridized carbons (Fsp3) is 0.105. The molecule has 1 heterocycles. The highest BCUT2D eigenvalue weighted by molar-refractivity contribution is 7.80. The minimum absolute atomic E-state index is 0.0308. The number of anilines is 1. The quantitative estimate of drug-likeness (QED) is 0.380. The van der Waals surface area contributed by atoms with Crippen LogP contribution in [0.3, 0.4) is 0 Å². The van der Waals surface area contributed by atoms with Gasteiger partial charge in [-0.15, -0.1) is 0 Å². The summed E-state index contributed by atoms with van der Waals surface area (Å²) in [5.74, 6) is -2.59. The van der Waals surface area contributed by atoms with Crippen LogP contribution in [0.15, 0.2) is 59.6 Å². The van der Waals surface area contributed by atoms with Gasteiger partial charge in [-0.05, 0) is 48.6 Å². The second kappa shape index (κ2) is 7.88. The topological polar surface area (TPSA) is 88.1 Å². The summed E-state index contributed by atoms with van der Waals surface area (Å²) in [5, 5.41) is 2.55. The first-order valence-electron chi connectivity index (χ1n) is 7.97. The summed E-state index contributed by atoms with van der Waals surface area (Å²) >= 11 is 5.13. The number of nitrogens with one attached hydrogen (secondary N) is 1. The molecule has 2 amide bonds. The van der Waals surface area contributed by atoms with Crippen molar-refractivity contribution in [3.05, 3.63) is 60.2 Å². The van der Waals surface area contributed by atoms with E-state index in [1.807, 2.05) is 6.07 Å². The van der Waals surface area contributed by atoms with E-state index >= 15 is 0 Å². The van der Waals surface area contributed by atoms with Crippen molar-refractivity contribution in [2.45, 2.75) is 0 Å². The predicted octanol–water partition coefficient (Wildman–Crippen LogP) is 2.24. The van der Waals surface area contributed by atoms with Crippen LogP contribution in [0.2, 0.25) is 0 Å². The van der Waals surface area contributed by atoms with Crippen molar-refractivity contribution in [1.82, 2.24) is 5.32 Å². The van der Waals surface area contributed by atoms with Gasteiger partial charge in [-0.25, -0.2) is 4.79 Å². The van der Waals surface area contributed by atoms with Gasteiger partial charge in [0.2, 0.25) is 5.91 Å². The molecule has 2 aromatic rings. The Labute approximate surface area is 160 Å². The minimum atomic E-state index is -1.11. The number of esters is 1. The number of ether oxygens (including phenoxy) is 1. The molecular weight excluding hydrogens is 366 g/mol. The van der Waals surface area contributed by atoms with Gasteiger partial charge in [-0.2, -0.15) is 0 Å². The second-order valence-electron chi connectivity index (χ2n) is 5.60. The van der Waals surface area contributed by atoms with Crippen LogP contribution in [0.1, 0.15) is 10.4 Å². The van der Waals surface area contributed by atoms with Crippen LogP contribution in [0.4, 0.5) is 11.4 Å². The van der Waals surface area contributed by atoms with Gasteiger partial charge < -0.3 is 10.1 Å². The first-order valence-corrected chi connectivity index (χ1v) is 8.38. The van der Waals surface area contributed by atoms with Crippen molar-refractivity contribution in [2.75, 3.05) is 12.0 Å². The molecule has 0 unspecified atom stereocenters. The maximum absolute atomic E-state index is 12.8. The number of carbonyl (C=O) groups excluding carboxylic acids is 3. The fourth-order valence-corrected chi connectivity index (χ4v) is 2.80. The van der Waals surface area contributed by atoms with Crippen LogP contribution < -0.4 is 10.2 Å². The highest BCUT2D eigenvalue weighted by Crippen LogP contribution is 2.21. The Morgan fingerprint density at radius 1 is 1.15 bits per heavy atom. The SMILES string of the molecule is COC(=O)c1ccc(N=C[C@@H]2C(=O)NC(=S)N(c3ccccc3)C2=O)cc1. The number of hydrogen-bond acceptors (Lipinski definition) is 6. The van der Waals surface area contributed by atoms with Gasteiger partial charge in [-0.1, -0.05) is 18.2 Å². The van der Waals surface area contributed by atoms with Crippen molar-refractivity contribution in [1.29, 1.82) is 0 Å². The number of thiocarbonyl (C=S) groups is 1. The number of rotatable bonds is 4. The molecule has 0 bridgehead atoms. The van der Waals surface area contributed by atoms with Crippen LogP contribution in [-0.2, 0) is 14.3 Å². The monoisotopic (exact) mass is 381 g/mol. The van der Waals surface area contributed by atoms with Gasteiger partial charge >= 0.3 is 5.97 Å². The molecule has 1 N–H and O–H groups in total. The van der Waals surface area contributed by atoms with Crippen molar-refractivity contribution in [3.8, 4) is 0 Å². The summed E-state index contributed by atoms with van der Waals surface area (Å²) in [6, 6.07) is 15.1. The fourth-order valence-electron chi connectivity index (χ4n) is 2.51. The highest BCUT2D eigenvalue weighted by Gasteiger charge is 2.38. The van der Waals surface area contributed by atoms with E-state index in [1.165, 1.54) is 18.2 Å². The van der Waals surface area contributed by atoms with E-state index in [0.717, 1.165) is 0 Å². The first-order chi connectivity index (χ1) is 13.0. The molecule has 0 saturated carbocycles. The Morgan fingerprint density at radius 3 is 2.44 bits per heavy atom. The van der Waals surface area contributed by atoms with Crippen LogP contribution in [0, 0.1) is 5.92 Å². The van der Waals surface area contributed by atoms with Gasteiger partial charge in [0.25, 0.3) is 5.91 Å². The zero-order valence-corrected chi connectivity index (χ0v) is 15.1. The molecule has 1 aliphatic heterocycles. The van der Waals surface area contributed by atoms with Crippen LogP contribution in [-0.4, -0.2) is 36.2 Å². The number of methoxy groups -OCH3 is 1. The lowest BCUT2D eigenvalue weighted by atomic mass is 10.1. The van der Waals surface area contributed by atoms with Gasteiger partial charge in [0, 0.05) is 6.21 Å². The largest absolute Gasteiger partial charge is 0.465 e. The van der Waals surface area contributed by atoms with E-state index in [2.05, 4.69) is 15.0 Å². The summed E-state index contributed by atoms with van der Waals surface area (Å²) in [6.07, 6.45) is 1.27. The summed E-state index contributed by atoms with van der Waals surface area (Å²) in [7, 11) is 1.30. The van der Waals surface area contributed by atoms with Gasteiger partial charge in [0.05, 0.1) is 24.0 Å². The van der Waals surface area contributed by atoms with Crippen molar-refractivity contribution >= 4 is 52.7 Å². The standard InChI is InChI=1S/C19H15N3O4S/c1-26-18(25)12-7-9-13(10-8-12)20-11-15-16(23)21-19(27)22(17(15)24)14-5-3-2-4-6-14/h2-11,15H,1H3,(H,21,23,27)/t15-/m1/s1. The smallest absolute Gasteiger partial charge is 0.337 e. The molecule has 136 valence electrons. The first kappa shape index (κ1) is 18.4. The van der Waals surface area contributed by atoms with E-state index in [-0.39, 0.29) is 5.11 Å². The number of carbonyl (C=O) groups is 3. The van der Waals surface area contributed by atoms with Crippen LogP contribution in [0.5, 0.6) is 0 Å². The average Bonchev–Trinajstić information content (AvgIpc) is 2.68. The molecule has 0 radical (unpaired) electrons.